The van der Waals surface area contributed by atoms with Crippen LogP contribution < -0.4 is 20.1 Å². The normalized spacial score (nSPS) is 11.7. The average molecular weight is 318 g/mol. The Bertz CT molecular complexity index is 669. The summed E-state index contributed by atoms with van der Waals surface area (Å²) in [7, 11) is 5.03. The molecule has 124 valence electrons. The summed E-state index contributed by atoms with van der Waals surface area (Å²) in [5.74, 6) is 1.41. The van der Waals surface area contributed by atoms with E-state index in [-0.39, 0.29) is 12.1 Å². The highest BCUT2D eigenvalue weighted by Gasteiger charge is 2.15. The molecule has 7 nitrogen and oxygen atoms in total. The van der Waals surface area contributed by atoms with Crippen molar-refractivity contribution in [1.82, 2.24) is 20.4 Å². The van der Waals surface area contributed by atoms with Crippen LogP contribution in [0.2, 0.25) is 0 Å². The van der Waals surface area contributed by atoms with E-state index in [1.165, 1.54) is 0 Å². The molecule has 2 rings (SSSR count). The number of methoxy groups -OCH3 is 2. The third kappa shape index (κ3) is 4.15. The van der Waals surface area contributed by atoms with Gasteiger partial charge in [-0.05, 0) is 31.2 Å². The van der Waals surface area contributed by atoms with Gasteiger partial charge in [-0.25, -0.2) is 4.79 Å². The van der Waals surface area contributed by atoms with Crippen molar-refractivity contribution in [1.29, 1.82) is 0 Å². The van der Waals surface area contributed by atoms with E-state index in [2.05, 4.69) is 15.7 Å². The second-order valence-corrected chi connectivity index (χ2v) is 5.10. The fourth-order valence-electron chi connectivity index (χ4n) is 2.25. The first-order valence-corrected chi connectivity index (χ1v) is 7.28. The molecule has 0 saturated heterocycles. The van der Waals surface area contributed by atoms with Gasteiger partial charge in [0.1, 0.15) is 11.5 Å². The number of nitrogens with zero attached hydrogens (tertiary/aromatic N) is 2. The third-order valence-electron chi connectivity index (χ3n) is 3.60. The number of benzene rings is 1. The number of carbonyl (C=O) groups is 1. The van der Waals surface area contributed by atoms with Crippen LogP contribution in [0.1, 0.15) is 24.2 Å². The number of ether oxygens (including phenoxy) is 2. The molecule has 23 heavy (non-hydrogen) atoms. The maximum Gasteiger partial charge on any atom is 0.315 e. The highest BCUT2D eigenvalue weighted by molar-refractivity contribution is 5.74. The summed E-state index contributed by atoms with van der Waals surface area (Å²) in [5.41, 5.74) is 1.77. The Labute approximate surface area is 135 Å². The first-order chi connectivity index (χ1) is 11.0. The Hall–Kier alpha value is -2.70. The van der Waals surface area contributed by atoms with Gasteiger partial charge in [0.2, 0.25) is 0 Å². The van der Waals surface area contributed by atoms with Gasteiger partial charge in [-0.15, -0.1) is 0 Å². The number of nitrogens with one attached hydrogen (secondary N) is 2. The van der Waals surface area contributed by atoms with Crippen molar-refractivity contribution in [2.24, 2.45) is 7.05 Å². The topological polar surface area (TPSA) is 77.4 Å². The zero-order chi connectivity index (χ0) is 16.8. The summed E-state index contributed by atoms with van der Waals surface area (Å²) >= 11 is 0. The molecule has 0 spiro atoms. The summed E-state index contributed by atoms with van der Waals surface area (Å²) < 4.78 is 12.3. The molecule has 2 amide bonds. The Morgan fingerprint density at radius 2 is 2.09 bits per heavy atom. The van der Waals surface area contributed by atoms with Crippen molar-refractivity contribution in [3.8, 4) is 11.5 Å². The van der Waals surface area contributed by atoms with E-state index in [9.17, 15) is 4.79 Å². The monoisotopic (exact) mass is 318 g/mol. The van der Waals surface area contributed by atoms with Crippen LogP contribution in [0.5, 0.6) is 11.5 Å². The SMILES string of the molecule is COc1ccc(OC)c(C(C)NC(=O)NCc2ccnn2C)c1. The van der Waals surface area contributed by atoms with Gasteiger partial charge in [-0.2, -0.15) is 5.10 Å². The van der Waals surface area contributed by atoms with E-state index in [4.69, 9.17) is 9.47 Å². The zero-order valence-electron chi connectivity index (χ0n) is 13.8. The molecule has 0 saturated carbocycles. The number of amides is 2. The van der Waals surface area contributed by atoms with Crippen LogP contribution in [0.4, 0.5) is 4.79 Å². The van der Waals surface area contributed by atoms with Crippen LogP contribution in [-0.2, 0) is 13.6 Å². The van der Waals surface area contributed by atoms with Gasteiger partial charge in [-0.3, -0.25) is 4.68 Å². The van der Waals surface area contributed by atoms with Crippen LogP contribution in [-0.4, -0.2) is 30.0 Å². The van der Waals surface area contributed by atoms with Crippen molar-refractivity contribution in [3.63, 3.8) is 0 Å². The molecular weight excluding hydrogens is 296 g/mol. The molecule has 2 N–H and O–H groups in total. The van der Waals surface area contributed by atoms with Gasteiger partial charge in [0, 0.05) is 18.8 Å². The maximum atomic E-state index is 12.1. The first-order valence-electron chi connectivity index (χ1n) is 7.28. The summed E-state index contributed by atoms with van der Waals surface area (Å²) in [4.78, 5) is 12.1. The van der Waals surface area contributed by atoms with Gasteiger partial charge >= 0.3 is 6.03 Å². The van der Waals surface area contributed by atoms with E-state index >= 15 is 0 Å². The highest BCUT2D eigenvalue weighted by atomic mass is 16.5. The second kappa shape index (κ2) is 7.53. The van der Waals surface area contributed by atoms with Crippen LogP contribution in [0.3, 0.4) is 0 Å². The zero-order valence-corrected chi connectivity index (χ0v) is 13.8. The van der Waals surface area contributed by atoms with E-state index in [0.717, 1.165) is 11.3 Å². The van der Waals surface area contributed by atoms with Crippen molar-refractivity contribution in [2.45, 2.75) is 19.5 Å². The smallest absolute Gasteiger partial charge is 0.315 e. The Balaban J connectivity index is 1.99. The van der Waals surface area contributed by atoms with Crippen molar-refractivity contribution < 1.29 is 14.3 Å². The van der Waals surface area contributed by atoms with Gasteiger partial charge < -0.3 is 20.1 Å². The fourth-order valence-corrected chi connectivity index (χ4v) is 2.25. The van der Waals surface area contributed by atoms with Crippen molar-refractivity contribution in [3.05, 3.63) is 41.7 Å². The number of hydrogen-bond donors (Lipinski definition) is 2. The molecule has 1 aromatic heterocycles. The molecule has 0 aliphatic rings. The largest absolute Gasteiger partial charge is 0.497 e. The molecule has 1 heterocycles. The predicted octanol–water partition coefficient (Wildman–Crippen LogP) is 2.00. The number of hydrogen-bond acceptors (Lipinski definition) is 4. The summed E-state index contributed by atoms with van der Waals surface area (Å²) in [5, 5.41) is 9.76. The Morgan fingerprint density at radius 3 is 2.70 bits per heavy atom. The molecule has 2 aromatic rings. The lowest BCUT2D eigenvalue weighted by molar-refractivity contribution is 0.237. The van der Waals surface area contributed by atoms with Crippen LogP contribution in [0.25, 0.3) is 0 Å². The van der Waals surface area contributed by atoms with Crippen LogP contribution in [0, 0.1) is 0 Å². The molecule has 1 atom stereocenters. The molecule has 0 fully saturated rings. The summed E-state index contributed by atoms with van der Waals surface area (Å²) in [6.45, 7) is 2.30. The molecule has 1 aromatic carbocycles. The lowest BCUT2D eigenvalue weighted by Gasteiger charge is -2.18. The van der Waals surface area contributed by atoms with E-state index in [0.29, 0.717) is 18.0 Å². The standard InChI is InChI=1S/C16H22N4O3/c1-11(14-9-13(22-3)5-6-15(14)23-4)19-16(21)17-10-12-7-8-18-20(12)2/h5-9,11H,10H2,1-4H3,(H2,17,19,21). The van der Waals surface area contributed by atoms with Gasteiger partial charge in [0.05, 0.1) is 32.5 Å². The van der Waals surface area contributed by atoms with Gasteiger partial charge in [-0.1, -0.05) is 0 Å². The Kier molecular flexibility index (Phi) is 5.46. The maximum absolute atomic E-state index is 12.1. The number of carbonyl (C=O) groups excluding carboxylic acids is 1. The molecular formula is C16H22N4O3. The number of aromatic nitrogens is 2. The quantitative estimate of drug-likeness (QED) is 0.854. The molecule has 1 unspecified atom stereocenters. The van der Waals surface area contributed by atoms with Gasteiger partial charge in [0.15, 0.2) is 0 Å². The molecule has 0 radical (unpaired) electrons. The summed E-state index contributed by atoms with van der Waals surface area (Å²) in [6, 6.07) is 6.85. The predicted molar refractivity (Wildman–Crippen MR) is 86.5 cm³/mol. The molecule has 0 aliphatic carbocycles. The average Bonchev–Trinajstić information content (AvgIpc) is 2.97. The fraction of sp³-hybridized carbons (Fsp3) is 0.375. The molecule has 0 bridgehead atoms. The minimum Gasteiger partial charge on any atom is -0.497 e. The number of aryl methyl sites for hydroxylation is 1. The number of rotatable bonds is 6. The molecule has 7 heteroatoms. The first kappa shape index (κ1) is 16.7. The van der Waals surface area contributed by atoms with Crippen LogP contribution in [0.15, 0.2) is 30.5 Å². The minimum atomic E-state index is -0.261. The number of urea groups is 1. The van der Waals surface area contributed by atoms with E-state index in [1.807, 2.05) is 38.2 Å². The highest BCUT2D eigenvalue weighted by Crippen LogP contribution is 2.29. The lowest BCUT2D eigenvalue weighted by atomic mass is 10.1. The van der Waals surface area contributed by atoms with Gasteiger partial charge in [0.25, 0.3) is 0 Å². The second-order valence-electron chi connectivity index (χ2n) is 5.10. The minimum absolute atomic E-state index is 0.230. The van der Waals surface area contributed by atoms with E-state index < -0.39 is 0 Å². The molecule has 0 aliphatic heterocycles. The third-order valence-corrected chi connectivity index (χ3v) is 3.60. The summed E-state index contributed by atoms with van der Waals surface area (Å²) in [6.07, 6.45) is 1.69. The van der Waals surface area contributed by atoms with E-state index in [1.54, 1.807) is 25.1 Å². The Morgan fingerprint density at radius 1 is 1.30 bits per heavy atom. The lowest BCUT2D eigenvalue weighted by Crippen LogP contribution is -2.37. The van der Waals surface area contributed by atoms with Crippen LogP contribution >= 0.6 is 0 Å². The van der Waals surface area contributed by atoms with Crippen molar-refractivity contribution in [2.75, 3.05) is 14.2 Å². The van der Waals surface area contributed by atoms with Crippen molar-refractivity contribution >= 4 is 6.03 Å².